The number of rotatable bonds is 10. The number of hydrogen-bond donors (Lipinski definition) is 2. The molecule has 0 radical (unpaired) electrons. The van der Waals surface area contributed by atoms with Crippen LogP contribution in [0.25, 0.3) is 16.9 Å². The van der Waals surface area contributed by atoms with Crippen molar-refractivity contribution < 1.29 is 27.8 Å². The molecule has 0 saturated heterocycles. The number of imidazole rings is 1. The number of amides is 1. The first-order valence-electron chi connectivity index (χ1n) is 10.2. The minimum Gasteiger partial charge on any atom is -0.496 e. The minimum absolute atomic E-state index is 0.0505. The summed E-state index contributed by atoms with van der Waals surface area (Å²) in [6.07, 6.45) is 5.11. The van der Waals surface area contributed by atoms with Crippen molar-refractivity contribution in [3.8, 4) is 28.5 Å². The molecule has 8 nitrogen and oxygen atoms in total. The number of pyridine rings is 1. The second-order valence-corrected chi connectivity index (χ2v) is 7.36. The third-order valence-corrected chi connectivity index (χ3v) is 5.04. The molecule has 0 atom stereocenters. The van der Waals surface area contributed by atoms with E-state index in [2.05, 4.69) is 15.6 Å². The van der Waals surface area contributed by atoms with E-state index in [1.54, 1.807) is 35.0 Å². The third kappa shape index (κ3) is 4.75. The summed E-state index contributed by atoms with van der Waals surface area (Å²) >= 11 is 0. The Labute approximate surface area is 183 Å². The van der Waals surface area contributed by atoms with Gasteiger partial charge < -0.3 is 24.8 Å². The molecule has 170 valence electrons. The Hall–Kier alpha value is -3.40. The minimum atomic E-state index is -3.10. The molecular weight excluding hydrogens is 422 g/mol. The van der Waals surface area contributed by atoms with Crippen molar-refractivity contribution in [2.45, 2.75) is 25.5 Å². The zero-order chi connectivity index (χ0) is 22.7. The number of methoxy groups -OCH3 is 1. The predicted octanol–water partition coefficient (Wildman–Crippen LogP) is 3.10. The van der Waals surface area contributed by atoms with Crippen LogP contribution in [0.3, 0.4) is 0 Å². The van der Waals surface area contributed by atoms with E-state index >= 15 is 0 Å². The summed E-state index contributed by atoms with van der Waals surface area (Å²) in [6.45, 7) is -1.88. The molecule has 1 aromatic carbocycles. The molecule has 32 heavy (non-hydrogen) atoms. The van der Waals surface area contributed by atoms with Gasteiger partial charge in [-0.15, -0.1) is 0 Å². The Bertz CT molecular complexity index is 1110. The smallest absolute Gasteiger partial charge is 0.387 e. The lowest BCUT2D eigenvalue weighted by molar-refractivity contribution is -0.0502. The maximum atomic E-state index is 13.1. The Kier molecular flexibility index (Phi) is 6.40. The van der Waals surface area contributed by atoms with Gasteiger partial charge in [0.1, 0.15) is 35.1 Å². The Morgan fingerprint density at radius 3 is 2.75 bits per heavy atom. The van der Waals surface area contributed by atoms with Crippen LogP contribution in [0.2, 0.25) is 0 Å². The van der Waals surface area contributed by atoms with E-state index in [4.69, 9.17) is 14.2 Å². The Morgan fingerprint density at radius 2 is 2.06 bits per heavy atom. The van der Waals surface area contributed by atoms with Gasteiger partial charge in [-0.25, -0.2) is 4.98 Å². The standard InChI is InChI=1S/C22H24F2N4O4/c1-25-6-8-31-15-5-7-28-16(12-26-19(28)11-15)13-9-17(30-2)20(18(10-13)32-22(23)24)21(29)27-14-3-4-14/h5,7,9-12,14,22,25H,3-4,6,8H2,1-2H3,(H,27,29). The summed E-state index contributed by atoms with van der Waals surface area (Å²) in [5.74, 6) is 0.0390. The van der Waals surface area contributed by atoms with E-state index in [1.807, 2.05) is 7.05 Å². The highest BCUT2D eigenvalue weighted by molar-refractivity contribution is 6.01. The highest BCUT2D eigenvalue weighted by Gasteiger charge is 2.29. The number of halogens is 2. The Morgan fingerprint density at radius 1 is 1.28 bits per heavy atom. The van der Waals surface area contributed by atoms with Crippen LogP contribution >= 0.6 is 0 Å². The van der Waals surface area contributed by atoms with Crippen molar-refractivity contribution >= 4 is 11.6 Å². The van der Waals surface area contributed by atoms with Gasteiger partial charge in [0.2, 0.25) is 0 Å². The molecule has 0 aliphatic heterocycles. The molecular formula is C22H24F2N4O4. The number of benzene rings is 1. The van der Waals surface area contributed by atoms with Crippen molar-refractivity contribution in [2.24, 2.45) is 0 Å². The summed E-state index contributed by atoms with van der Waals surface area (Å²) in [7, 11) is 3.22. The van der Waals surface area contributed by atoms with E-state index in [-0.39, 0.29) is 23.1 Å². The fourth-order valence-corrected chi connectivity index (χ4v) is 3.33. The van der Waals surface area contributed by atoms with E-state index in [9.17, 15) is 13.6 Å². The number of nitrogens with zero attached hydrogens (tertiary/aromatic N) is 2. The van der Waals surface area contributed by atoms with Gasteiger partial charge in [-0.2, -0.15) is 8.78 Å². The topological polar surface area (TPSA) is 86.1 Å². The largest absolute Gasteiger partial charge is 0.496 e. The number of carbonyl (C=O) groups is 1. The van der Waals surface area contributed by atoms with E-state index < -0.39 is 12.5 Å². The van der Waals surface area contributed by atoms with Crippen LogP contribution in [0.15, 0.2) is 36.7 Å². The van der Waals surface area contributed by atoms with Gasteiger partial charge in [0.05, 0.1) is 19.0 Å². The zero-order valence-corrected chi connectivity index (χ0v) is 17.7. The average molecular weight is 446 g/mol. The van der Waals surface area contributed by atoms with Crippen LogP contribution in [-0.2, 0) is 0 Å². The van der Waals surface area contributed by atoms with Crippen molar-refractivity contribution in [2.75, 3.05) is 27.3 Å². The molecule has 0 spiro atoms. The monoisotopic (exact) mass is 446 g/mol. The molecule has 10 heteroatoms. The van der Waals surface area contributed by atoms with Crippen LogP contribution in [0.5, 0.6) is 17.2 Å². The molecule has 1 aliphatic carbocycles. The molecule has 1 amide bonds. The van der Waals surface area contributed by atoms with Gasteiger partial charge in [0.25, 0.3) is 5.91 Å². The van der Waals surface area contributed by atoms with Gasteiger partial charge in [-0.3, -0.25) is 9.20 Å². The van der Waals surface area contributed by atoms with Crippen molar-refractivity contribution in [3.63, 3.8) is 0 Å². The molecule has 3 aromatic rings. The van der Waals surface area contributed by atoms with Crippen LogP contribution in [0, 0.1) is 0 Å². The molecule has 1 aliphatic rings. The SMILES string of the molecule is CNCCOc1ccn2c(-c3cc(OC)c(C(=O)NC4CC4)c(OC(F)F)c3)cnc2c1. The van der Waals surface area contributed by atoms with Gasteiger partial charge >= 0.3 is 6.61 Å². The van der Waals surface area contributed by atoms with Crippen LogP contribution in [0.4, 0.5) is 8.78 Å². The number of likely N-dealkylation sites (N-methyl/N-ethyl adjacent to an activating group) is 1. The number of aromatic nitrogens is 2. The maximum Gasteiger partial charge on any atom is 0.387 e. The second-order valence-electron chi connectivity index (χ2n) is 7.36. The molecule has 2 heterocycles. The fraction of sp³-hybridized carbons (Fsp3) is 0.364. The summed E-state index contributed by atoms with van der Waals surface area (Å²) in [4.78, 5) is 17.1. The maximum absolute atomic E-state index is 13.1. The van der Waals surface area contributed by atoms with E-state index in [0.717, 1.165) is 12.8 Å². The lowest BCUT2D eigenvalue weighted by Gasteiger charge is -2.16. The Balaban J connectivity index is 1.72. The highest BCUT2D eigenvalue weighted by Crippen LogP contribution is 2.37. The highest BCUT2D eigenvalue weighted by atomic mass is 19.3. The zero-order valence-electron chi connectivity index (χ0n) is 17.7. The van der Waals surface area contributed by atoms with Crippen molar-refractivity contribution in [3.05, 3.63) is 42.2 Å². The van der Waals surface area contributed by atoms with Gasteiger partial charge in [-0.1, -0.05) is 0 Å². The lowest BCUT2D eigenvalue weighted by atomic mass is 10.1. The molecule has 2 N–H and O–H groups in total. The summed E-state index contributed by atoms with van der Waals surface area (Å²) in [5, 5.41) is 5.79. The molecule has 0 unspecified atom stereocenters. The molecule has 1 fully saturated rings. The third-order valence-electron chi connectivity index (χ3n) is 5.04. The van der Waals surface area contributed by atoms with Gasteiger partial charge in [0, 0.05) is 30.4 Å². The predicted molar refractivity (Wildman–Crippen MR) is 114 cm³/mol. The number of carbonyl (C=O) groups excluding carboxylic acids is 1. The quantitative estimate of drug-likeness (QED) is 0.466. The molecule has 0 bridgehead atoms. The van der Waals surface area contributed by atoms with Gasteiger partial charge in [0.15, 0.2) is 0 Å². The van der Waals surface area contributed by atoms with Crippen molar-refractivity contribution in [1.29, 1.82) is 0 Å². The van der Waals surface area contributed by atoms with E-state index in [0.29, 0.717) is 35.8 Å². The molecule has 1 saturated carbocycles. The lowest BCUT2D eigenvalue weighted by Crippen LogP contribution is -2.26. The fourth-order valence-electron chi connectivity index (χ4n) is 3.33. The number of nitrogens with one attached hydrogen (secondary N) is 2. The van der Waals surface area contributed by atoms with Crippen LogP contribution < -0.4 is 24.8 Å². The number of hydrogen-bond acceptors (Lipinski definition) is 6. The first kappa shape index (κ1) is 21.8. The molecule has 4 rings (SSSR count). The van der Waals surface area contributed by atoms with Gasteiger partial charge in [-0.05, 0) is 38.1 Å². The van der Waals surface area contributed by atoms with E-state index in [1.165, 1.54) is 13.2 Å². The van der Waals surface area contributed by atoms with Crippen molar-refractivity contribution in [1.82, 2.24) is 20.0 Å². The number of ether oxygens (including phenoxy) is 3. The number of alkyl halides is 2. The van der Waals surface area contributed by atoms with Crippen LogP contribution in [-0.4, -0.2) is 55.3 Å². The summed E-state index contributed by atoms with van der Waals surface area (Å²) < 4.78 is 43.8. The first-order valence-corrected chi connectivity index (χ1v) is 10.2. The number of fused-ring (bicyclic) bond motifs is 1. The van der Waals surface area contributed by atoms with Crippen LogP contribution in [0.1, 0.15) is 23.2 Å². The average Bonchev–Trinajstić information content (AvgIpc) is 3.48. The summed E-state index contributed by atoms with van der Waals surface area (Å²) in [5.41, 5.74) is 1.69. The molecule has 2 aromatic heterocycles. The summed E-state index contributed by atoms with van der Waals surface area (Å²) in [6, 6.07) is 6.64. The first-order chi connectivity index (χ1) is 15.5. The second kappa shape index (κ2) is 9.39. The normalized spacial score (nSPS) is 13.4.